The van der Waals surface area contributed by atoms with Gasteiger partial charge in [0.05, 0.1) is 9.82 Å². The largest absolute Gasteiger partial charge is 0.368 e. The molecule has 1 aromatic heterocycles. The van der Waals surface area contributed by atoms with E-state index in [2.05, 4.69) is 10.3 Å². The number of nitrogens with one attached hydrogen (secondary N) is 1. The van der Waals surface area contributed by atoms with Gasteiger partial charge in [0.15, 0.2) is 4.34 Å². The van der Waals surface area contributed by atoms with Gasteiger partial charge >= 0.3 is 0 Å². The standard InChI is InChI=1S/C19H16N4O4S2/c1-11-10-28-19(21-11)29-15-8-7-13(9-14(15)23(26)27)18(25)22-16(17(20)24)12-5-3-2-4-6-12/h2-10,16H,1H3,(H2,20,24)(H,22,25). The van der Waals surface area contributed by atoms with Gasteiger partial charge in [-0.3, -0.25) is 19.7 Å². The topological polar surface area (TPSA) is 128 Å². The van der Waals surface area contributed by atoms with Gasteiger partial charge in [0.2, 0.25) is 5.91 Å². The van der Waals surface area contributed by atoms with Crippen molar-refractivity contribution in [2.24, 2.45) is 5.73 Å². The van der Waals surface area contributed by atoms with Crippen molar-refractivity contribution in [2.45, 2.75) is 22.2 Å². The monoisotopic (exact) mass is 428 g/mol. The van der Waals surface area contributed by atoms with E-state index in [4.69, 9.17) is 5.73 Å². The molecule has 148 valence electrons. The van der Waals surface area contributed by atoms with E-state index in [1.807, 2.05) is 12.3 Å². The molecule has 0 aliphatic heterocycles. The predicted octanol–water partition coefficient (Wildman–Crippen LogP) is 3.47. The summed E-state index contributed by atoms with van der Waals surface area (Å²) in [6, 6.07) is 11.6. The van der Waals surface area contributed by atoms with E-state index in [-0.39, 0.29) is 11.3 Å². The number of benzene rings is 2. The molecule has 29 heavy (non-hydrogen) atoms. The molecule has 3 N–H and O–H groups in total. The summed E-state index contributed by atoms with van der Waals surface area (Å²) in [5, 5.41) is 15.9. The fourth-order valence-electron chi connectivity index (χ4n) is 2.54. The molecule has 0 saturated carbocycles. The van der Waals surface area contributed by atoms with Crippen molar-refractivity contribution < 1.29 is 14.5 Å². The number of carbonyl (C=O) groups is 2. The number of carbonyl (C=O) groups excluding carboxylic acids is 2. The van der Waals surface area contributed by atoms with Crippen LogP contribution in [0, 0.1) is 17.0 Å². The molecule has 1 unspecified atom stereocenters. The first-order valence-electron chi connectivity index (χ1n) is 8.38. The molecule has 0 spiro atoms. The van der Waals surface area contributed by atoms with Gasteiger partial charge in [0.25, 0.3) is 11.6 Å². The van der Waals surface area contributed by atoms with Crippen molar-refractivity contribution in [3.63, 3.8) is 0 Å². The Balaban J connectivity index is 1.86. The summed E-state index contributed by atoms with van der Waals surface area (Å²) in [6.45, 7) is 1.84. The number of nitrogens with two attached hydrogens (primary N) is 1. The Kier molecular flexibility index (Phi) is 6.25. The number of hydrogen-bond donors (Lipinski definition) is 2. The molecule has 0 bridgehead atoms. The van der Waals surface area contributed by atoms with Crippen molar-refractivity contribution in [2.75, 3.05) is 0 Å². The third kappa shape index (κ3) is 4.98. The van der Waals surface area contributed by atoms with Gasteiger partial charge in [-0.1, -0.05) is 42.1 Å². The Labute approximate surface area is 174 Å². The highest BCUT2D eigenvalue weighted by molar-refractivity contribution is 8.01. The summed E-state index contributed by atoms with van der Waals surface area (Å²) in [5.74, 6) is -1.37. The van der Waals surface area contributed by atoms with Crippen LogP contribution in [0.1, 0.15) is 27.7 Å². The summed E-state index contributed by atoms with van der Waals surface area (Å²) >= 11 is 2.54. The average Bonchev–Trinajstić information content (AvgIpc) is 3.11. The number of nitro groups is 1. The summed E-state index contributed by atoms with van der Waals surface area (Å²) in [4.78, 5) is 40.0. The van der Waals surface area contributed by atoms with Crippen LogP contribution in [0.2, 0.25) is 0 Å². The van der Waals surface area contributed by atoms with Gasteiger partial charge in [-0.2, -0.15) is 0 Å². The lowest BCUT2D eigenvalue weighted by atomic mass is 10.1. The lowest BCUT2D eigenvalue weighted by Crippen LogP contribution is -2.37. The van der Waals surface area contributed by atoms with E-state index >= 15 is 0 Å². The molecule has 3 rings (SSSR count). The van der Waals surface area contributed by atoms with Gasteiger partial charge in [-0.25, -0.2) is 4.98 Å². The molecule has 0 aliphatic rings. The molecule has 1 heterocycles. The molecule has 10 heteroatoms. The van der Waals surface area contributed by atoms with Crippen LogP contribution in [0.3, 0.4) is 0 Å². The Morgan fingerprint density at radius 3 is 2.55 bits per heavy atom. The van der Waals surface area contributed by atoms with E-state index in [9.17, 15) is 19.7 Å². The summed E-state index contributed by atoms with van der Waals surface area (Å²) < 4.78 is 0.667. The van der Waals surface area contributed by atoms with Crippen LogP contribution in [-0.4, -0.2) is 21.7 Å². The number of hydrogen-bond acceptors (Lipinski definition) is 7. The molecular formula is C19H16N4O4S2. The van der Waals surface area contributed by atoms with Crippen molar-refractivity contribution in [1.82, 2.24) is 10.3 Å². The van der Waals surface area contributed by atoms with Gasteiger partial charge in [-0.15, -0.1) is 11.3 Å². The number of nitro benzene ring substituents is 1. The molecule has 2 aromatic carbocycles. The number of primary amides is 1. The zero-order valence-electron chi connectivity index (χ0n) is 15.2. The first-order valence-corrected chi connectivity index (χ1v) is 10.1. The minimum Gasteiger partial charge on any atom is -0.368 e. The smallest absolute Gasteiger partial charge is 0.284 e. The second-order valence-electron chi connectivity index (χ2n) is 6.02. The maximum Gasteiger partial charge on any atom is 0.284 e. The Hall–Kier alpha value is -3.24. The number of aryl methyl sites for hydroxylation is 1. The number of aromatic nitrogens is 1. The van der Waals surface area contributed by atoms with Gasteiger partial charge < -0.3 is 11.1 Å². The van der Waals surface area contributed by atoms with Crippen LogP contribution in [0.4, 0.5) is 5.69 Å². The number of rotatable bonds is 7. The molecule has 0 saturated heterocycles. The highest BCUT2D eigenvalue weighted by atomic mass is 32.2. The van der Waals surface area contributed by atoms with Crippen LogP contribution < -0.4 is 11.1 Å². The van der Waals surface area contributed by atoms with E-state index in [0.717, 1.165) is 17.5 Å². The number of nitrogens with zero attached hydrogens (tertiary/aromatic N) is 2. The highest BCUT2D eigenvalue weighted by Gasteiger charge is 2.23. The zero-order chi connectivity index (χ0) is 21.0. The molecule has 8 nitrogen and oxygen atoms in total. The van der Waals surface area contributed by atoms with E-state index in [1.54, 1.807) is 30.3 Å². The van der Waals surface area contributed by atoms with Crippen LogP contribution in [0.15, 0.2) is 63.1 Å². The van der Waals surface area contributed by atoms with E-state index < -0.39 is 22.8 Å². The molecule has 2 amide bonds. The van der Waals surface area contributed by atoms with Crippen LogP contribution >= 0.6 is 23.1 Å². The maximum absolute atomic E-state index is 12.6. The van der Waals surface area contributed by atoms with E-state index in [1.165, 1.54) is 29.5 Å². The van der Waals surface area contributed by atoms with Crippen molar-refractivity contribution in [3.05, 3.63) is 80.8 Å². The fourth-order valence-corrected chi connectivity index (χ4v) is 4.42. The lowest BCUT2D eigenvalue weighted by Gasteiger charge is -2.16. The van der Waals surface area contributed by atoms with Gasteiger partial charge in [0.1, 0.15) is 6.04 Å². The first kappa shape index (κ1) is 20.5. The predicted molar refractivity (Wildman–Crippen MR) is 110 cm³/mol. The first-order chi connectivity index (χ1) is 13.8. The van der Waals surface area contributed by atoms with Gasteiger partial charge in [0, 0.05) is 22.7 Å². The molecule has 0 radical (unpaired) electrons. The molecule has 3 aromatic rings. The number of thiazole rings is 1. The van der Waals surface area contributed by atoms with Crippen LogP contribution in [-0.2, 0) is 4.79 Å². The van der Waals surface area contributed by atoms with Gasteiger partial charge in [-0.05, 0) is 24.6 Å². The normalized spacial score (nSPS) is 11.6. The average molecular weight is 428 g/mol. The Bertz CT molecular complexity index is 1070. The van der Waals surface area contributed by atoms with Crippen LogP contribution in [0.25, 0.3) is 0 Å². The molecule has 0 aliphatic carbocycles. The van der Waals surface area contributed by atoms with Crippen molar-refractivity contribution >= 4 is 40.6 Å². The summed E-state index contributed by atoms with van der Waals surface area (Å²) in [6.07, 6.45) is 0. The summed E-state index contributed by atoms with van der Waals surface area (Å²) in [7, 11) is 0. The van der Waals surface area contributed by atoms with Crippen LogP contribution in [0.5, 0.6) is 0 Å². The second kappa shape index (κ2) is 8.84. The third-order valence-electron chi connectivity index (χ3n) is 3.91. The second-order valence-corrected chi connectivity index (χ2v) is 8.16. The summed E-state index contributed by atoms with van der Waals surface area (Å²) in [5.41, 5.74) is 6.60. The van der Waals surface area contributed by atoms with Crippen molar-refractivity contribution in [3.8, 4) is 0 Å². The Morgan fingerprint density at radius 1 is 1.24 bits per heavy atom. The third-order valence-corrected chi connectivity index (χ3v) is 6.03. The molecule has 1 atom stereocenters. The quantitative estimate of drug-likeness (QED) is 0.438. The number of amides is 2. The minimum absolute atomic E-state index is 0.0542. The maximum atomic E-state index is 12.6. The molecular weight excluding hydrogens is 412 g/mol. The lowest BCUT2D eigenvalue weighted by molar-refractivity contribution is -0.387. The van der Waals surface area contributed by atoms with E-state index in [0.29, 0.717) is 14.8 Å². The zero-order valence-corrected chi connectivity index (χ0v) is 16.8. The Morgan fingerprint density at radius 2 is 1.97 bits per heavy atom. The highest BCUT2D eigenvalue weighted by Crippen LogP contribution is 2.36. The van der Waals surface area contributed by atoms with Crippen molar-refractivity contribution in [1.29, 1.82) is 0 Å². The SMILES string of the molecule is Cc1csc(Sc2ccc(C(=O)NC(C(N)=O)c3ccccc3)cc2[N+](=O)[O-])n1. The molecule has 0 fully saturated rings. The fraction of sp³-hybridized carbons (Fsp3) is 0.105. The minimum atomic E-state index is -1.05.